The molecule has 0 aliphatic carbocycles. The summed E-state index contributed by atoms with van der Waals surface area (Å²) >= 11 is 3.43. The first-order chi connectivity index (χ1) is 15.3. The highest BCUT2D eigenvalue weighted by molar-refractivity contribution is 9.10. The van der Waals surface area contributed by atoms with Gasteiger partial charge in [0.05, 0.1) is 23.8 Å². The zero-order valence-electron chi connectivity index (χ0n) is 16.4. The number of aromatic nitrogens is 2. The lowest BCUT2D eigenvalue weighted by Gasteiger charge is -2.11. The highest BCUT2D eigenvalue weighted by atomic mass is 79.9. The number of halogens is 4. The van der Waals surface area contributed by atoms with Gasteiger partial charge in [-0.15, -0.1) is 4.98 Å². The molecule has 2 aromatic rings. The molecule has 2 N–H and O–H groups in total. The Hall–Kier alpha value is -3.46. The van der Waals surface area contributed by atoms with Gasteiger partial charge < -0.3 is 20.2 Å². The number of carbonyl (C=O) groups is 1. The average Bonchev–Trinajstić information content (AvgIpc) is 3.22. The minimum absolute atomic E-state index is 0.140. The Morgan fingerprint density at radius 3 is 2.75 bits per heavy atom. The molecule has 8 nitrogen and oxygen atoms in total. The van der Waals surface area contributed by atoms with Crippen molar-refractivity contribution in [1.82, 2.24) is 15.3 Å². The van der Waals surface area contributed by atoms with Crippen molar-refractivity contribution in [3.63, 3.8) is 0 Å². The van der Waals surface area contributed by atoms with Gasteiger partial charge in [0.2, 0.25) is 0 Å². The van der Waals surface area contributed by atoms with Crippen molar-refractivity contribution in [3.8, 4) is 5.75 Å². The first kappa shape index (κ1) is 23.2. The molecule has 0 spiro atoms. The topological polar surface area (TPSA) is 92.9 Å². The quantitative estimate of drug-likeness (QED) is 0.433. The molecular weight excluding hydrogens is 493 g/mol. The molecule has 0 radical (unpaired) electrons. The van der Waals surface area contributed by atoms with Gasteiger partial charge in [0.15, 0.2) is 12.0 Å². The number of carbonyl (C=O) groups excluding carboxylic acids is 1. The Morgan fingerprint density at radius 2 is 2.09 bits per heavy atom. The number of amidine groups is 1. The number of ether oxygens (including phenoxy) is 1. The molecule has 1 aromatic carbocycles. The third-order valence-corrected chi connectivity index (χ3v) is 4.78. The second-order valence-corrected chi connectivity index (χ2v) is 7.32. The Labute approximate surface area is 189 Å². The molecule has 2 heterocycles. The molecule has 1 aromatic heterocycles. The fraction of sp³-hybridized carbons (Fsp3) is 0.250. The van der Waals surface area contributed by atoms with Crippen molar-refractivity contribution < 1.29 is 22.7 Å². The Morgan fingerprint density at radius 1 is 1.28 bits per heavy atom. The van der Waals surface area contributed by atoms with Crippen LogP contribution < -0.4 is 15.4 Å². The summed E-state index contributed by atoms with van der Waals surface area (Å²) in [7, 11) is 0. The maximum absolute atomic E-state index is 12.1. The minimum atomic E-state index is -4.88. The van der Waals surface area contributed by atoms with Gasteiger partial charge in [-0.1, -0.05) is 12.6 Å². The summed E-state index contributed by atoms with van der Waals surface area (Å²) in [5.41, 5.74) is 1.87. The molecule has 0 saturated carbocycles. The molecule has 12 heteroatoms. The number of alkyl halides is 3. The van der Waals surface area contributed by atoms with Crippen LogP contribution in [0.2, 0.25) is 0 Å². The van der Waals surface area contributed by atoms with Crippen molar-refractivity contribution in [1.29, 1.82) is 0 Å². The Balaban J connectivity index is 1.51. The van der Waals surface area contributed by atoms with Gasteiger partial charge >= 0.3 is 12.1 Å². The molecule has 0 unspecified atom stereocenters. The van der Waals surface area contributed by atoms with Crippen LogP contribution in [0.15, 0.2) is 46.1 Å². The van der Waals surface area contributed by atoms with Gasteiger partial charge in [0.25, 0.3) is 5.82 Å². The van der Waals surface area contributed by atoms with E-state index in [1.807, 2.05) is 18.2 Å². The van der Waals surface area contributed by atoms with E-state index in [0.29, 0.717) is 28.4 Å². The van der Waals surface area contributed by atoms with Crippen LogP contribution in [0, 0.1) is 6.57 Å². The normalized spacial score (nSPS) is 13.1. The molecule has 0 bridgehead atoms. The van der Waals surface area contributed by atoms with Crippen molar-refractivity contribution in [2.45, 2.75) is 12.6 Å². The fourth-order valence-corrected chi connectivity index (χ4v) is 3.12. The van der Waals surface area contributed by atoms with E-state index in [1.165, 1.54) is 12.4 Å². The third-order valence-electron chi connectivity index (χ3n) is 4.16. The number of anilines is 1. The van der Waals surface area contributed by atoms with Crippen LogP contribution in [0.4, 0.5) is 24.8 Å². The molecule has 1 aliphatic heterocycles. The largest absolute Gasteiger partial charge is 0.492 e. The zero-order valence-corrected chi connectivity index (χ0v) is 18.0. The van der Waals surface area contributed by atoms with Gasteiger partial charge in [0.1, 0.15) is 11.6 Å². The number of rotatable bonds is 7. The number of nitrogens with zero attached hydrogens (tertiary/aromatic N) is 4. The van der Waals surface area contributed by atoms with Gasteiger partial charge in [0, 0.05) is 6.54 Å². The molecule has 166 valence electrons. The fourth-order valence-electron chi connectivity index (χ4n) is 2.63. The zero-order chi connectivity index (χ0) is 23.1. The van der Waals surface area contributed by atoms with Crippen LogP contribution in [-0.2, 0) is 4.79 Å². The summed E-state index contributed by atoms with van der Waals surface area (Å²) in [6, 6.07) is 5.45. The van der Waals surface area contributed by atoms with Crippen molar-refractivity contribution in [2.75, 3.05) is 25.0 Å². The lowest BCUT2D eigenvalue weighted by Crippen LogP contribution is -2.37. The number of aliphatic imine (C=N–C) groups is 1. The summed E-state index contributed by atoms with van der Waals surface area (Å²) in [4.78, 5) is 26.4. The summed E-state index contributed by atoms with van der Waals surface area (Å²) in [5.74, 6) is -0.133. The van der Waals surface area contributed by atoms with Gasteiger partial charge in [-0.2, -0.15) is 13.2 Å². The first-order valence-electron chi connectivity index (χ1n) is 9.25. The summed E-state index contributed by atoms with van der Waals surface area (Å²) < 4.78 is 42.6. The number of benzene rings is 1. The lowest BCUT2D eigenvalue weighted by atomic mass is 10.1. The monoisotopic (exact) mass is 508 g/mol. The van der Waals surface area contributed by atoms with Crippen molar-refractivity contribution in [3.05, 3.63) is 58.1 Å². The lowest BCUT2D eigenvalue weighted by molar-refractivity contribution is -0.173. The number of nitrogens with one attached hydrogen (secondary N) is 2. The van der Waals surface area contributed by atoms with Crippen LogP contribution in [0.25, 0.3) is 10.4 Å². The SMILES string of the molecule is [C-]#[N+]c1cnc(NC2=NCC(c3ccc(OCCCNC(=O)C(F)(F)F)c(Br)c3)=C2)cn1. The van der Waals surface area contributed by atoms with E-state index in [0.717, 1.165) is 11.1 Å². The predicted octanol–water partition coefficient (Wildman–Crippen LogP) is 4.14. The Kier molecular flexibility index (Phi) is 7.42. The van der Waals surface area contributed by atoms with E-state index < -0.39 is 12.1 Å². The van der Waals surface area contributed by atoms with E-state index in [-0.39, 0.29) is 25.4 Å². The number of amides is 1. The highest BCUT2D eigenvalue weighted by Crippen LogP contribution is 2.30. The van der Waals surface area contributed by atoms with Gasteiger partial charge in [-0.3, -0.25) is 9.79 Å². The molecule has 0 saturated heterocycles. The first-order valence-corrected chi connectivity index (χ1v) is 10.0. The summed E-state index contributed by atoms with van der Waals surface area (Å²) in [6.45, 7) is 7.35. The predicted molar refractivity (Wildman–Crippen MR) is 116 cm³/mol. The molecule has 0 fully saturated rings. The Bertz CT molecular complexity index is 1090. The molecular formula is C20H16BrF3N6O2. The molecule has 32 heavy (non-hydrogen) atoms. The molecule has 3 rings (SSSR count). The van der Waals surface area contributed by atoms with Crippen LogP contribution in [0.5, 0.6) is 5.75 Å². The number of hydrogen-bond donors (Lipinski definition) is 2. The maximum Gasteiger partial charge on any atom is 0.471 e. The summed E-state index contributed by atoms with van der Waals surface area (Å²) in [5, 5.41) is 4.83. The van der Waals surface area contributed by atoms with Crippen molar-refractivity contribution >= 4 is 44.9 Å². The molecule has 0 atom stereocenters. The van der Waals surface area contributed by atoms with E-state index in [1.54, 1.807) is 11.4 Å². The summed E-state index contributed by atoms with van der Waals surface area (Å²) in [6.07, 6.45) is 0.0403. The number of hydrogen-bond acceptors (Lipinski definition) is 6. The second kappa shape index (κ2) is 10.2. The van der Waals surface area contributed by atoms with Gasteiger partial charge in [-0.25, -0.2) is 4.98 Å². The second-order valence-electron chi connectivity index (χ2n) is 6.47. The molecule has 1 aliphatic rings. The average molecular weight is 509 g/mol. The van der Waals surface area contributed by atoms with E-state index in [2.05, 4.69) is 41.1 Å². The maximum atomic E-state index is 12.1. The van der Waals surface area contributed by atoms with Crippen LogP contribution in [-0.4, -0.2) is 47.6 Å². The van der Waals surface area contributed by atoms with Crippen LogP contribution in [0.1, 0.15) is 12.0 Å². The standard InChI is InChI=1S/C20H16BrF3N6O2/c1-25-17-10-29-18(11-28-17)30-16-8-13(9-27-16)12-3-4-15(14(21)7-12)32-6-2-5-26-19(31)20(22,23)24/h3-4,7-8,10-11H,2,5-6,9H2,(H,26,31)(H,27,29,30). The van der Waals surface area contributed by atoms with E-state index in [4.69, 9.17) is 11.3 Å². The molecule has 1 amide bonds. The highest BCUT2D eigenvalue weighted by Gasteiger charge is 2.38. The van der Waals surface area contributed by atoms with Crippen LogP contribution in [0.3, 0.4) is 0 Å². The van der Waals surface area contributed by atoms with Gasteiger partial charge in [-0.05, 0) is 51.7 Å². The third kappa shape index (κ3) is 6.27. The van der Waals surface area contributed by atoms with E-state index >= 15 is 0 Å². The smallest absolute Gasteiger partial charge is 0.471 e. The van der Waals surface area contributed by atoms with Crippen LogP contribution >= 0.6 is 15.9 Å². The van der Waals surface area contributed by atoms with E-state index in [9.17, 15) is 18.0 Å². The minimum Gasteiger partial charge on any atom is -0.492 e. The van der Waals surface area contributed by atoms with Crippen molar-refractivity contribution in [2.24, 2.45) is 4.99 Å².